The minimum atomic E-state index is 0.692. The molecule has 3 heterocycles. The summed E-state index contributed by atoms with van der Waals surface area (Å²) < 4.78 is 0. The average Bonchev–Trinajstić information content (AvgIpc) is 3.30. The monoisotopic (exact) mass is 354 g/mol. The fourth-order valence-corrected chi connectivity index (χ4v) is 4.74. The predicted octanol–water partition coefficient (Wildman–Crippen LogP) is 2.75. The lowest BCUT2D eigenvalue weighted by atomic mass is 10.0. The van der Waals surface area contributed by atoms with Crippen LogP contribution in [0.25, 0.3) is 0 Å². The molecule has 1 atom stereocenters. The van der Waals surface area contributed by atoms with E-state index in [1.54, 1.807) is 0 Å². The van der Waals surface area contributed by atoms with Crippen LogP contribution in [-0.2, 0) is 6.54 Å². The summed E-state index contributed by atoms with van der Waals surface area (Å²) in [5, 5.41) is 0. The summed E-state index contributed by atoms with van der Waals surface area (Å²) in [6, 6.07) is 12.4. The molecule has 4 nitrogen and oxygen atoms in total. The van der Waals surface area contributed by atoms with Gasteiger partial charge in [0.15, 0.2) is 0 Å². The van der Waals surface area contributed by atoms with Crippen LogP contribution in [0.15, 0.2) is 30.3 Å². The highest BCUT2D eigenvalue weighted by molar-refractivity contribution is 5.14. The van der Waals surface area contributed by atoms with Crippen LogP contribution in [0, 0.1) is 6.67 Å². The third-order valence-corrected chi connectivity index (χ3v) is 6.48. The molecule has 0 N–H and O–H groups in total. The third kappa shape index (κ3) is 4.66. The summed E-state index contributed by atoms with van der Waals surface area (Å²) in [4.78, 5) is 10.2. The van der Waals surface area contributed by atoms with Gasteiger partial charge in [0.2, 0.25) is 0 Å². The van der Waals surface area contributed by atoms with Crippen LogP contribution in [0.3, 0.4) is 0 Å². The van der Waals surface area contributed by atoms with Crippen molar-refractivity contribution in [1.82, 2.24) is 19.6 Å². The molecule has 142 valence electrons. The zero-order chi connectivity index (χ0) is 17.8. The first-order chi connectivity index (χ1) is 12.8. The minimum Gasteiger partial charge on any atom is -0.299 e. The van der Waals surface area contributed by atoms with Gasteiger partial charge in [-0.1, -0.05) is 30.3 Å². The Bertz CT molecular complexity index is 540. The summed E-state index contributed by atoms with van der Waals surface area (Å²) >= 11 is 0. The molecule has 2 radical (unpaired) electrons. The average molecular weight is 355 g/mol. The number of benzene rings is 1. The van der Waals surface area contributed by atoms with Gasteiger partial charge in [-0.3, -0.25) is 19.6 Å². The van der Waals surface area contributed by atoms with E-state index in [1.165, 1.54) is 64.0 Å². The highest BCUT2D eigenvalue weighted by Gasteiger charge is 2.31. The highest BCUT2D eigenvalue weighted by atomic mass is 15.4. The predicted molar refractivity (Wildman–Crippen MR) is 107 cm³/mol. The van der Waals surface area contributed by atoms with Crippen LogP contribution in [0.4, 0.5) is 0 Å². The van der Waals surface area contributed by atoms with E-state index in [-0.39, 0.29) is 0 Å². The zero-order valence-corrected chi connectivity index (χ0v) is 16.3. The molecule has 1 aromatic rings. The van der Waals surface area contributed by atoms with Crippen molar-refractivity contribution in [2.24, 2.45) is 0 Å². The standard InChI is InChI=1S/C22H34N4/c1-20-6-5-11-25(20)16-14-24-15-17-26(19-24)22-9-12-23(13-10-22)18-21-7-3-2-4-8-21/h2-4,7-8,20,22H,5-6,9-18H2,1H3/t20-/m0/s1. The van der Waals surface area contributed by atoms with Gasteiger partial charge in [-0.05, 0) is 57.8 Å². The van der Waals surface area contributed by atoms with E-state index in [0.29, 0.717) is 6.04 Å². The van der Waals surface area contributed by atoms with Crippen LogP contribution < -0.4 is 0 Å². The summed E-state index contributed by atoms with van der Waals surface area (Å²) in [6.45, 7) is 15.5. The van der Waals surface area contributed by atoms with Crippen molar-refractivity contribution in [3.05, 3.63) is 42.6 Å². The molecule has 0 bridgehead atoms. The Morgan fingerprint density at radius 3 is 2.46 bits per heavy atom. The van der Waals surface area contributed by atoms with Gasteiger partial charge in [-0.15, -0.1) is 0 Å². The smallest absolute Gasteiger partial charge is 0.146 e. The van der Waals surface area contributed by atoms with Crippen LogP contribution >= 0.6 is 0 Å². The van der Waals surface area contributed by atoms with E-state index in [4.69, 9.17) is 0 Å². The van der Waals surface area contributed by atoms with Crippen molar-refractivity contribution in [2.45, 2.75) is 51.2 Å². The van der Waals surface area contributed by atoms with Crippen molar-refractivity contribution in [2.75, 3.05) is 45.8 Å². The molecule has 1 aromatic carbocycles. The van der Waals surface area contributed by atoms with Gasteiger partial charge < -0.3 is 0 Å². The molecule has 3 aliphatic rings. The number of hydrogen-bond acceptors (Lipinski definition) is 4. The number of nitrogens with zero attached hydrogens (tertiary/aromatic N) is 4. The Kier molecular flexibility index (Phi) is 6.26. The topological polar surface area (TPSA) is 13.0 Å². The second-order valence-electron chi connectivity index (χ2n) is 8.30. The van der Waals surface area contributed by atoms with Crippen molar-refractivity contribution >= 4 is 0 Å². The minimum absolute atomic E-state index is 0.692. The first kappa shape index (κ1) is 18.4. The Balaban J connectivity index is 1.17. The quantitative estimate of drug-likeness (QED) is 0.779. The number of piperidine rings is 1. The van der Waals surface area contributed by atoms with E-state index in [1.807, 2.05) is 0 Å². The Morgan fingerprint density at radius 2 is 1.73 bits per heavy atom. The fourth-order valence-electron chi connectivity index (χ4n) is 4.74. The van der Waals surface area contributed by atoms with E-state index >= 15 is 0 Å². The van der Waals surface area contributed by atoms with Gasteiger partial charge >= 0.3 is 0 Å². The van der Waals surface area contributed by atoms with Crippen molar-refractivity contribution in [3.63, 3.8) is 0 Å². The second-order valence-corrected chi connectivity index (χ2v) is 8.30. The molecule has 0 aromatic heterocycles. The molecule has 0 spiro atoms. The zero-order valence-electron chi connectivity index (χ0n) is 16.3. The molecule has 0 unspecified atom stereocenters. The van der Waals surface area contributed by atoms with Crippen LogP contribution in [0.1, 0.15) is 38.2 Å². The van der Waals surface area contributed by atoms with Gasteiger partial charge in [-0.25, -0.2) is 0 Å². The lowest BCUT2D eigenvalue weighted by Gasteiger charge is -2.36. The van der Waals surface area contributed by atoms with E-state index in [9.17, 15) is 0 Å². The maximum Gasteiger partial charge on any atom is 0.146 e. The molecule has 4 heteroatoms. The molecular formula is C22H34N4. The van der Waals surface area contributed by atoms with Gasteiger partial charge in [0.1, 0.15) is 6.67 Å². The second kappa shape index (κ2) is 8.83. The fraction of sp³-hybridized carbons (Fsp3) is 0.682. The van der Waals surface area contributed by atoms with Crippen LogP contribution in [0.5, 0.6) is 0 Å². The first-order valence-corrected chi connectivity index (χ1v) is 10.6. The molecule has 0 aliphatic carbocycles. The van der Waals surface area contributed by atoms with E-state index < -0.39 is 0 Å². The number of likely N-dealkylation sites (tertiary alicyclic amines) is 2. The first-order valence-electron chi connectivity index (χ1n) is 10.6. The lowest BCUT2D eigenvalue weighted by molar-refractivity contribution is 0.129. The van der Waals surface area contributed by atoms with Crippen LogP contribution in [0.2, 0.25) is 0 Å². The van der Waals surface area contributed by atoms with Crippen molar-refractivity contribution in [3.8, 4) is 0 Å². The largest absolute Gasteiger partial charge is 0.299 e. The van der Waals surface area contributed by atoms with Gasteiger partial charge in [0.05, 0.1) is 0 Å². The Labute approximate surface area is 159 Å². The number of rotatable bonds is 6. The van der Waals surface area contributed by atoms with Gasteiger partial charge in [0.25, 0.3) is 0 Å². The SMILES string of the molecule is C[C@H]1CCCN1CCN1[C]N(C2CCN(Cc3ccccc3)CC2)CC1. The molecule has 3 fully saturated rings. The van der Waals surface area contributed by atoms with Crippen molar-refractivity contribution < 1.29 is 0 Å². The van der Waals surface area contributed by atoms with E-state index in [2.05, 4.69) is 63.5 Å². The molecular weight excluding hydrogens is 320 g/mol. The highest BCUT2D eigenvalue weighted by Crippen LogP contribution is 2.23. The maximum absolute atomic E-state index is 3.69. The molecule has 3 saturated heterocycles. The van der Waals surface area contributed by atoms with Crippen LogP contribution in [-0.4, -0.2) is 77.5 Å². The molecule has 26 heavy (non-hydrogen) atoms. The molecule has 4 rings (SSSR count). The maximum atomic E-state index is 3.69. The van der Waals surface area contributed by atoms with Crippen molar-refractivity contribution in [1.29, 1.82) is 0 Å². The summed E-state index contributed by atoms with van der Waals surface area (Å²) in [6.07, 6.45) is 5.30. The normalized spacial score (nSPS) is 27.5. The molecule has 0 saturated carbocycles. The molecule has 3 aliphatic heterocycles. The lowest BCUT2D eigenvalue weighted by Crippen LogP contribution is -2.43. The Morgan fingerprint density at radius 1 is 0.923 bits per heavy atom. The molecule has 0 amide bonds. The van der Waals surface area contributed by atoms with E-state index in [0.717, 1.165) is 25.7 Å². The summed E-state index contributed by atoms with van der Waals surface area (Å²) in [7, 11) is 0. The Hall–Kier alpha value is -0.940. The van der Waals surface area contributed by atoms with Gasteiger partial charge in [0, 0.05) is 44.8 Å². The summed E-state index contributed by atoms with van der Waals surface area (Å²) in [5.41, 5.74) is 1.44. The van der Waals surface area contributed by atoms with Gasteiger partial charge in [-0.2, -0.15) is 0 Å². The third-order valence-electron chi connectivity index (χ3n) is 6.48. The number of hydrogen-bond donors (Lipinski definition) is 0. The summed E-state index contributed by atoms with van der Waals surface area (Å²) in [5.74, 6) is 0.